The number of aryl methyl sites for hydroxylation is 2. The summed E-state index contributed by atoms with van der Waals surface area (Å²) in [6, 6.07) is 27.5. The number of phosphoric acid groups is 1. The van der Waals surface area contributed by atoms with Crippen molar-refractivity contribution in [2.75, 3.05) is 0 Å². The van der Waals surface area contributed by atoms with Gasteiger partial charge in [-0.05, 0) is 84.7 Å². The monoisotopic (exact) mass is 564 g/mol. The van der Waals surface area contributed by atoms with Crippen molar-refractivity contribution in [3.05, 3.63) is 118 Å². The van der Waals surface area contributed by atoms with Crippen molar-refractivity contribution in [2.45, 2.75) is 33.4 Å². The molecular weight excluding hydrogens is 542 g/mol. The Balaban J connectivity index is 0.00000294. The molecule has 0 bridgehead atoms. The van der Waals surface area contributed by atoms with E-state index in [4.69, 9.17) is 9.05 Å². The quantitative estimate of drug-likeness (QED) is 0.243. The minimum atomic E-state index is -4.83. The average Bonchev–Trinajstić information content (AvgIpc) is 3.09. The Hall–Kier alpha value is -2.15. The number of hydrogen-bond acceptors (Lipinski definition) is 6. The van der Waals surface area contributed by atoms with Gasteiger partial charge in [-0.15, -0.1) is 0 Å². The molecule has 0 aromatic heterocycles. The van der Waals surface area contributed by atoms with Crippen LogP contribution >= 0.6 is 31.3 Å². The van der Waals surface area contributed by atoms with E-state index >= 15 is 0 Å². The van der Waals surface area contributed by atoms with Gasteiger partial charge in [-0.3, -0.25) is 0 Å². The van der Waals surface area contributed by atoms with Crippen LogP contribution < -0.4 is 34.5 Å². The largest absolute Gasteiger partial charge is 1.00 e. The summed E-state index contributed by atoms with van der Waals surface area (Å²) in [5.74, 6) is 0.470. The minimum absolute atomic E-state index is 0. The van der Waals surface area contributed by atoms with Gasteiger partial charge in [-0.2, -0.15) is 0 Å². The molecule has 2 heterocycles. The Bertz CT molecular complexity index is 1550. The summed E-state index contributed by atoms with van der Waals surface area (Å²) in [6.07, 6.45) is 3.53. The van der Waals surface area contributed by atoms with Crippen LogP contribution in [0, 0.1) is 13.8 Å². The van der Waals surface area contributed by atoms with Crippen LogP contribution in [0.5, 0.6) is 0 Å². The van der Waals surface area contributed by atoms with E-state index in [0.717, 1.165) is 41.8 Å². The van der Waals surface area contributed by atoms with E-state index in [1.807, 2.05) is 98.8 Å². The van der Waals surface area contributed by atoms with Gasteiger partial charge < -0.3 is 13.9 Å². The maximum Gasteiger partial charge on any atom is 1.00 e. The number of hydrogen-bond donors (Lipinski definition) is 0. The number of benzene rings is 4. The predicted octanol–water partition coefficient (Wildman–Crippen LogP) is 5.43. The number of rotatable bonds is 4. The molecule has 184 valence electrons. The van der Waals surface area contributed by atoms with Crippen LogP contribution in [0.25, 0.3) is 23.7 Å². The van der Waals surface area contributed by atoms with Crippen molar-refractivity contribution < 1.29 is 48.1 Å². The second-order valence-electron chi connectivity index (χ2n) is 8.93. The van der Waals surface area contributed by atoms with Crippen LogP contribution in [-0.4, -0.2) is 0 Å². The second kappa shape index (κ2) is 11.1. The van der Waals surface area contributed by atoms with Crippen molar-refractivity contribution in [1.29, 1.82) is 0 Å². The van der Waals surface area contributed by atoms with Gasteiger partial charge in [0.15, 0.2) is 0 Å². The van der Waals surface area contributed by atoms with Crippen LogP contribution in [-0.2, 0) is 13.6 Å². The molecule has 4 nitrogen and oxygen atoms in total. The SMILES string of the molecule is Cc1ccc2c(c1)Sc1ccccc1C=C2OP(=O)([O-])OC1=Cc2ccccc2Sc2cc(C)ccc21.[Na+]. The summed E-state index contributed by atoms with van der Waals surface area (Å²) in [4.78, 5) is 17.4. The molecule has 0 amide bonds. The molecule has 38 heavy (non-hydrogen) atoms. The predicted molar refractivity (Wildman–Crippen MR) is 149 cm³/mol. The molecule has 0 atom stereocenters. The molecule has 0 spiro atoms. The van der Waals surface area contributed by atoms with Gasteiger partial charge in [-0.25, -0.2) is 4.57 Å². The van der Waals surface area contributed by atoms with Crippen LogP contribution in [0.15, 0.2) is 105 Å². The van der Waals surface area contributed by atoms with Crippen molar-refractivity contribution in [3.8, 4) is 0 Å². The Morgan fingerprint density at radius 1 is 0.632 bits per heavy atom. The number of phosphoric ester groups is 1. The van der Waals surface area contributed by atoms with Gasteiger partial charge >= 0.3 is 37.4 Å². The molecule has 0 N–H and O–H groups in total. The van der Waals surface area contributed by atoms with Gasteiger partial charge in [0.05, 0.1) is 0 Å². The van der Waals surface area contributed by atoms with Gasteiger partial charge in [0.25, 0.3) is 0 Å². The standard InChI is InChI=1S/C30H23O4PS2.Na/c1-19-11-13-23-25(17-21-7-3-5-9-27(21)36-29(23)15-19)33-35(31,32)34-26-18-22-8-4-6-10-28(22)37-30-16-20(2)12-14-24(26)30;/h3-18H,1-2H3,(H,31,32);/q;+1/p-1. The summed E-state index contributed by atoms with van der Waals surface area (Å²) in [5, 5.41) is 0. The molecule has 0 unspecified atom stereocenters. The van der Waals surface area contributed by atoms with E-state index in [2.05, 4.69) is 0 Å². The molecular formula is C30H22NaO4PS2. The first kappa shape index (κ1) is 27.4. The molecule has 0 radical (unpaired) electrons. The normalized spacial score (nSPS) is 13.7. The maximum absolute atomic E-state index is 13.5. The van der Waals surface area contributed by atoms with E-state index in [-0.39, 0.29) is 41.1 Å². The zero-order valence-corrected chi connectivity index (χ0v) is 25.7. The molecule has 2 aliphatic rings. The third kappa shape index (κ3) is 5.73. The fraction of sp³-hybridized carbons (Fsp3) is 0.0667. The number of fused-ring (bicyclic) bond motifs is 4. The van der Waals surface area contributed by atoms with Crippen molar-refractivity contribution in [2.24, 2.45) is 0 Å². The molecule has 6 rings (SSSR count). The molecule has 0 aliphatic carbocycles. The molecule has 4 aromatic carbocycles. The fourth-order valence-corrected chi connectivity index (χ4v) is 7.43. The first-order valence-electron chi connectivity index (χ1n) is 11.7. The van der Waals surface area contributed by atoms with Crippen LogP contribution in [0.2, 0.25) is 0 Å². The van der Waals surface area contributed by atoms with Crippen molar-refractivity contribution >= 4 is 55.0 Å². The topological polar surface area (TPSA) is 58.6 Å². The zero-order chi connectivity index (χ0) is 25.6. The van der Waals surface area contributed by atoms with Crippen LogP contribution in [0.1, 0.15) is 33.4 Å². The first-order chi connectivity index (χ1) is 17.8. The zero-order valence-electron chi connectivity index (χ0n) is 21.1. The van der Waals surface area contributed by atoms with Gasteiger partial charge in [0, 0.05) is 30.7 Å². The Morgan fingerprint density at radius 2 is 1.05 bits per heavy atom. The molecule has 0 saturated heterocycles. The smallest absolute Gasteiger partial charge is 0.736 e. The fourth-order valence-electron chi connectivity index (χ4n) is 4.31. The molecule has 4 aromatic rings. The molecule has 8 heteroatoms. The summed E-state index contributed by atoms with van der Waals surface area (Å²) in [5.41, 5.74) is 5.35. The van der Waals surface area contributed by atoms with Gasteiger partial charge in [0.1, 0.15) is 11.5 Å². The van der Waals surface area contributed by atoms with Crippen LogP contribution in [0.3, 0.4) is 0 Å². The Kier molecular flexibility index (Phi) is 8.04. The summed E-state index contributed by atoms with van der Waals surface area (Å²) in [7, 11) is -4.83. The third-order valence-electron chi connectivity index (χ3n) is 6.08. The molecule has 0 saturated carbocycles. The van der Waals surface area contributed by atoms with Crippen molar-refractivity contribution in [1.82, 2.24) is 0 Å². The summed E-state index contributed by atoms with van der Waals surface area (Å²) >= 11 is 3.18. The van der Waals surface area contributed by atoms with E-state index in [0.29, 0.717) is 11.1 Å². The summed E-state index contributed by atoms with van der Waals surface area (Å²) < 4.78 is 24.9. The Morgan fingerprint density at radius 3 is 1.50 bits per heavy atom. The Labute approximate surface area is 253 Å². The minimum Gasteiger partial charge on any atom is -0.736 e. The molecule has 2 aliphatic heterocycles. The second-order valence-corrected chi connectivity index (χ2v) is 12.4. The molecule has 0 fully saturated rings. The van der Waals surface area contributed by atoms with E-state index in [9.17, 15) is 9.46 Å². The van der Waals surface area contributed by atoms with Gasteiger partial charge in [-0.1, -0.05) is 72.1 Å². The van der Waals surface area contributed by atoms with E-state index in [1.54, 1.807) is 35.7 Å². The van der Waals surface area contributed by atoms with Crippen LogP contribution in [0.4, 0.5) is 0 Å². The van der Waals surface area contributed by atoms with Crippen molar-refractivity contribution in [3.63, 3.8) is 0 Å². The van der Waals surface area contributed by atoms with Gasteiger partial charge in [0.2, 0.25) is 0 Å². The third-order valence-corrected chi connectivity index (χ3v) is 9.22. The summed E-state index contributed by atoms with van der Waals surface area (Å²) in [6.45, 7) is 4.02. The average molecular weight is 565 g/mol. The first-order valence-corrected chi connectivity index (χ1v) is 14.8. The maximum atomic E-state index is 13.5. The van der Waals surface area contributed by atoms with E-state index < -0.39 is 7.82 Å². The van der Waals surface area contributed by atoms with E-state index in [1.165, 1.54) is 0 Å².